The second-order valence-corrected chi connectivity index (χ2v) is 9.62. The molecule has 0 aliphatic heterocycles. The van der Waals surface area contributed by atoms with Crippen LogP contribution in [0.4, 0.5) is 0 Å². The van der Waals surface area contributed by atoms with E-state index in [1.165, 1.54) is 5.56 Å². The number of aliphatic hydroxyl groups is 2. The second kappa shape index (κ2) is 12.5. The lowest BCUT2D eigenvalue weighted by atomic mass is 9.76. The molecule has 0 fully saturated rings. The maximum Gasteiger partial charge on any atom is 0.125 e. The highest BCUT2D eigenvalue weighted by Gasteiger charge is 2.26. The molecule has 2 rings (SSSR count). The van der Waals surface area contributed by atoms with Crippen LogP contribution in [0.3, 0.4) is 0 Å². The Morgan fingerprint density at radius 1 is 0.824 bits per heavy atom. The molecule has 0 bridgehead atoms. The predicted octanol–water partition coefficient (Wildman–Crippen LogP) is 4.61. The predicted molar refractivity (Wildman–Crippen MR) is 137 cm³/mol. The lowest BCUT2D eigenvalue weighted by Gasteiger charge is -2.29. The molecule has 2 N–H and O–H groups in total. The van der Waals surface area contributed by atoms with Crippen LogP contribution in [0.15, 0.2) is 24.3 Å². The summed E-state index contributed by atoms with van der Waals surface area (Å²) in [5.74, 6) is 4.06. The number of ether oxygens (including phenoxy) is 3. The van der Waals surface area contributed by atoms with E-state index in [1.807, 2.05) is 27.7 Å². The maximum absolute atomic E-state index is 10.1. The van der Waals surface area contributed by atoms with E-state index in [0.29, 0.717) is 0 Å². The molecule has 0 saturated carbocycles. The highest BCUT2D eigenvalue weighted by molar-refractivity contribution is 6.18. The summed E-state index contributed by atoms with van der Waals surface area (Å²) in [7, 11) is 0. The Balaban J connectivity index is 2.24. The van der Waals surface area contributed by atoms with E-state index < -0.39 is 12.2 Å². The van der Waals surface area contributed by atoms with Crippen molar-refractivity contribution in [2.75, 3.05) is 32.3 Å². The van der Waals surface area contributed by atoms with Crippen LogP contribution in [-0.2, 0) is 10.2 Å². The van der Waals surface area contributed by atoms with Crippen LogP contribution in [-0.4, -0.2) is 54.7 Å². The van der Waals surface area contributed by atoms with Crippen molar-refractivity contribution in [3.05, 3.63) is 57.6 Å². The van der Waals surface area contributed by atoms with Gasteiger partial charge >= 0.3 is 0 Å². The zero-order valence-corrected chi connectivity index (χ0v) is 21.8. The SMILES string of the molecule is C#CCOC[C@@H](O)COc1c(C)cc(C(C)(C)c2cc(C)c(OC[C@H](O)CCl)c(C)c2)cc1C. The molecule has 0 saturated heterocycles. The first-order valence-corrected chi connectivity index (χ1v) is 12.0. The molecule has 0 heterocycles. The maximum atomic E-state index is 10.1. The summed E-state index contributed by atoms with van der Waals surface area (Å²) < 4.78 is 16.9. The normalized spacial score (nSPS) is 13.3. The third-order valence-electron chi connectivity index (χ3n) is 5.88. The monoisotopic (exact) mass is 488 g/mol. The Kier molecular flexibility index (Phi) is 10.3. The van der Waals surface area contributed by atoms with Gasteiger partial charge in [0.25, 0.3) is 0 Å². The Hall–Kier alpha value is -2.23. The van der Waals surface area contributed by atoms with Crippen LogP contribution in [0.25, 0.3) is 0 Å². The molecule has 6 heteroatoms. The van der Waals surface area contributed by atoms with Crippen molar-refractivity contribution in [3.8, 4) is 23.8 Å². The van der Waals surface area contributed by atoms with Gasteiger partial charge in [-0.15, -0.1) is 18.0 Å². The van der Waals surface area contributed by atoms with E-state index in [0.717, 1.165) is 39.3 Å². The lowest BCUT2D eigenvalue weighted by molar-refractivity contribution is 0.0226. The molecular weight excluding hydrogens is 452 g/mol. The van der Waals surface area contributed by atoms with Gasteiger partial charge in [0.1, 0.15) is 43.5 Å². The quantitative estimate of drug-likeness (QED) is 0.259. The number of halogens is 1. The summed E-state index contributed by atoms with van der Waals surface area (Å²) in [6.45, 7) is 13.0. The molecule has 34 heavy (non-hydrogen) atoms. The van der Waals surface area contributed by atoms with E-state index >= 15 is 0 Å². The Morgan fingerprint density at radius 2 is 1.24 bits per heavy atom. The minimum Gasteiger partial charge on any atom is -0.490 e. The van der Waals surface area contributed by atoms with Crippen molar-refractivity contribution in [1.82, 2.24) is 0 Å². The molecule has 0 amide bonds. The molecule has 2 atom stereocenters. The summed E-state index contributed by atoms with van der Waals surface area (Å²) in [6, 6.07) is 8.54. The van der Waals surface area contributed by atoms with Crippen molar-refractivity contribution in [2.45, 2.75) is 59.2 Å². The number of aliphatic hydroxyl groups excluding tert-OH is 2. The fraction of sp³-hybridized carbons (Fsp3) is 0.500. The Labute approximate surface area is 209 Å². The van der Waals surface area contributed by atoms with Gasteiger partial charge in [-0.2, -0.15) is 0 Å². The number of aryl methyl sites for hydroxylation is 4. The van der Waals surface area contributed by atoms with Gasteiger partial charge in [0.15, 0.2) is 0 Å². The third kappa shape index (κ3) is 7.13. The van der Waals surface area contributed by atoms with E-state index in [4.69, 9.17) is 32.2 Å². The highest BCUT2D eigenvalue weighted by Crippen LogP contribution is 2.38. The smallest absolute Gasteiger partial charge is 0.125 e. The Bertz CT molecular complexity index is 962. The van der Waals surface area contributed by atoms with Crippen LogP contribution < -0.4 is 9.47 Å². The average molecular weight is 489 g/mol. The van der Waals surface area contributed by atoms with Crippen molar-refractivity contribution < 1.29 is 24.4 Å². The molecule has 2 aromatic carbocycles. The first-order chi connectivity index (χ1) is 16.0. The number of benzene rings is 2. The summed E-state index contributed by atoms with van der Waals surface area (Å²) in [4.78, 5) is 0. The molecule has 0 aliphatic rings. The van der Waals surface area contributed by atoms with Crippen LogP contribution >= 0.6 is 11.6 Å². The number of alkyl halides is 1. The summed E-state index contributed by atoms with van der Waals surface area (Å²) in [5.41, 5.74) is 6.10. The van der Waals surface area contributed by atoms with Gasteiger partial charge in [0.2, 0.25) is 0 Å². The van der Waals surface area contributed by atoms with Gasteiger partial charge < -0.3 is 24.4 Å². The molecule has 0 aliphatic carbocycles. The molecule has 2 aromatic rings. The molecule has 0 radical (unpaired) electrons. The lowest BCUT2D eigenvalue weighted by Crippen LogP contribution is -2.24. The second-order valence-electron chi connectivity index (χ2n) is 9.31. The van der Waals surface area contributed by atoms with Crippen LogP contribution in [0, 0.1) is 40.0 Å². The van der Waals surface area contributed by atoms with E-state index in [2.05, 4.69) is 44.0 Å². The van der Waals surface area contributed by atoms with Gasteiger partial charge in [0, 0.05) is 5.41 Å². The molecule has 0 aromatic heterocycles. The first-order valence-electron chi connectivity index (χ1n) is 11.4. The molecular formula is C28H37ClO5. The fourth-order valence-corrected chi connectivity index (χ4v) is 4.04. The van der Waals surface area contributed by atoms with E-state index in [-0.39, 0.29) is 37.7 Å². The molecule has 0 spiro atoms. The average Bonchev–Trinajstić information content (AvgIpc) is 2.77. The van der Waals surface area contributed by atoms with Crippen LogP contribution in [0.2, 0.25) is 0 Å². The van der Waals surface area contributed by atoms with Gasteiger partial charge in [-0.3, -0.25) is 0 Å². The zero-order chi connectivity index (χ0) is 25.5. The van der Waals surface area contributed by atoms with Crippen LogP contribution in [0.1, 0.15) is 47.2 Å². The van der Waals surface area contributed by atoms with Crippen molar-refractivity contribution in [3.63, 3.8) is 0 Å². The summed E-state index contributed by atoms with van der Waals surface area (Å²) >= 11 is 5.68. The van der Waals surface area contributed by atoms with Crippen molar-refractivity contribution >= 4 is 11.6 Å². The topological polar surface area (TPSA) is 68.2 Å². The van der Waals surface area contributed by atoms with Gasteiger partial charge in [-0.1, -0.05) is 44.0 Å². The fourth-order valence-electron chi connectivity index (χ4n) is 3.95. The molecule has 0 unspecified atom stereocenters. The highest BCUT2D eigenvalue weighted by atomic mass is 35.5. The zero-order valence-electron chi connectivity index (χ0n) is 21.1. The largest absolute Gasteiger partial charge is 0.490 e. The number of hydrogen-bond donors (Lipinski definition) is 2. The van der Waals surface area contributed by atoms with Gasteiger partial charge in [-0.05, 0) is 61.1 Å². The standard InChI is InChI=1S/C28H37ClO5/c1-8-9-32-15-25(31)17-34-27-20(4)12-23(13-21(27)5)28(6,7)22-10-18(2)26(19(3)11-22)33-16-24(30)14-29/h1,10-13,24-25,30-31H,9,14-17H2,2-7H3/t24-,25-/m1/s1. The Morgan fingerprint density at radius 3 is 1.62 bits per heavy atom. The van der Waals surface area contributed by atoms with Gasteiger partial charge in [0.05, 0.1) is 12.5 Å². The summed E-state index contributed by atoms with van der Waals surface area (Å²) in [6.07, 6.45) is 3.71. The number of terminal acetylenes is 1. The van der Waals surface area contributed by atoms with Crippen molar-refractivity contribution in [1.29, 1.82) is 0 Å². The van der Waals surface area contributed by atoms with E-state index in [9.17, 15) is 10.2 Å². The summed E-state index contributed by atoms with van der Waals surface area (Å²) in [5, 5.41) is 19.8. The first kappa shape index (κ1) is 28.0. The molecule has 186 valence electrons. The third-order valence-corrected chi connectivity index (χ3v) is 6.23. The van der Waals surface area contributed by atoms with Crippen molar-refractivity contribution in [2.24, 2.45) is 0 Å². The van der Waals surface area contributed by atoms with E-state index in [1.54, 1.807) is 0 Å². The van der Waals surface area contributed by atoms with Crippen LogP contribution in [0.5, 0.6) is 11.5 Å². The minimum atomic E-state index is -0.750. The van der Waals surface area contributed by atoms with Gasteiger partial charge in [-0.25, -0.2) is 0 Å². The minimum absolute atomic E-state index is 0.132. The number of hydrogen-bond acceptors (Lipinski definition) is 5. The molecule has 5 nitrogen and oxygen atoms in total. The number of rotatable bonds is 12.